The Morgan fingerprint density at radius 2 is 1.75 bits per heavy atom. The van der Waals surface area contributed by atoms with E-state index in [0.29, 0.717) is 11.3 Å². The number of methoxy groups -OCH3 is 1. The Hall–Kier alpha value is -2.03. The molecule has 0 saturated carbocycles. The SMILES string of the molecule is COC(=C(C#N)C#N)c1ccc(OP)cc1. The number of rotatable bonds is 3. The molecule has 1 aromatic rings. The van der Waals surface area contributed by atoms with Gasteiger partial charge in [0.15, 0.2) is 11.3 Å². The minimum absolute atomic E-state index is 0.0537. The quantitative estimate of drug-likeness (QED) is 0.455. The summed E-state index contributed by atoms with van der Waals surface area (Å²) in [6, 6.07) is 10.4. The molecule has 80 valence electrons. The highest BCUT2D eigenvalue weighted by Gasteiger charge is 2.09. The highest BCUT2D eigenvalue weighted by atomic mass is 31.0. The summed E-state index contributed by atoms with van der Waals surface area (Å²) in [5, 5.41) is 17.5. The van der Waals surface area contributed by atoms with E-state index in [9.17, 15) is 0 Å². The summed E-state index contributed by atoms with van der Waals surface area (Å²) in [4.78, 5) is 0. The van der Waals surface area contributed by atoms with Crippen molar-refractivity contribution in [3.63, 3.8) is 0 Å². The molecule has 0 bridgehead atoms. The van der Waals surface area contributed by atoms with Gasteiger partial charge in [0.05, 0.1) is 16.6 Å². The highest BCUT2D eigenvalue weighted by molar-refractivity contribution is 7.10. The number of nitriles is 2. The smallest absolute Gasteiger partial charge is 0.172 e. The topological polar surface area (TPSA) is 66.0 Å². The molecule has 1 rings (SSSR count). The molecule has 4 nitrogen and oxygen atoms in total. The van der Waals surface area contributed by atoms with Crippen molar-refractivity contribution < 1.29 is 9.26 Å². The third-order valence-electron chi connectivity index (χ3n) is 1.91. The Bertz CT molecular complexity index is 464. The van der Waals surface area contributed by atoms with Gasteiger partial charge in [0, 0.05) is 5.56 Å². The average Bonchev–Trinajstić information content (AvgIpc) is 2.36. The third kappa shape index (κ3) is 2.51. The van der Waals surface area contributed by atoms with Gasteiger partial charge in [0.25, 0.3) is 0 Å². The van der Waals surface area contributed by atoms with E-state index in [-0.39, 0.29) is 11.3 Å². The molecule has 16 heavy (non-hydrogen) atoms. The van der Waals surface area contributed by atoms with Gasteiger partial charge >= 0.3 is 0 Å². The molecular weight excluding hydrogens is 223 g/mol. The fraction of sp³-hybridized carbons (Fsp3) is 0.0909. The van der Waals surface area contributed by atoms with E-state index in [0.717, 1.165) is 0 Å². The molecule has 0 radical (unpaired) electrons. The number of allylic oxidation sites excluding steroid dienone is 1. The summed E-state index contributed by atoms with van der Waals surface area (Å²) in [6.45, 7) is 0. The molecule has 0 aliphatic heterocycles. The summed E-state index contributed by atoms with van der Waals surface area (Å²) >= 11 is 0. The second kappa shape index (κ2) is 5.75. The van der Waals surface area contributed by atoms with Crippen LogP contribution in [0.5, 0.6) is 5.75 Å². The Morgan fingerprint density at radius 3 is 2.12 bits per heavy atom. The molecule has 1 atom stereocenters. The average molecular weight is 232 g/mol. The van der Waals surface area contributed by atoms with Crippen LogP contribution in [-0.2, 0) is 4.74 Å². The van der Waals surface area contributed by atoms with E-state index in [1.54, 1.807) is 36.4 Å². The molecule has 0 spiro atoms. The normalized spacial score (nSPS) is 8.50. The standard InChI is InChI=1S/C11H9N2O2P/c1-14-11(9(6-12)7-13)8-2-4-10(15-16)5-3-8/h2-5H,16H2,1H3. The van der Waals surface area contributed by atoms with Crippen LogP contribution in [0.1, 0.15) is 5.56 Å². The largest absolute Gasteiger partial charge is 0.494 e. The Balaban J connectivity index is 3.21. The first kappa shape index (κ1) is 12.0. The van der Waals surface area contributed by atoms with Crippen LogP contribution in [0.2, 0.25) is 0 Å². The second-order valence-corrected chi connectivity index (χ2v) is 3.01. The van der Waals surface area contributed by atoms with Crippen LogP contribution >= 0.6 is 9.47 Å². The van der Waals surface area contributed by atoms with E-state index < -0.39 is 0 Å². The Labute approximate surface area is 96.0 Å². The van der Waals surface area contributed by atoms with Crippen molar-refractivity contribution in [2.75, 3.05) is 7.11 Å². The summed E-state index contributed by atoms with van der Waals surface area (Å²) in [5.41, 5.74) is 0.605. The molecule has 0 heterocycles. The number of nitrogens with zero attached hydrogens (tertiary/aromatic N) is 2. The van der Waals surface area contributed by atoms with Crippen molar-refractivity contribution in [2.24, 2.45) is 0 Å². The lowest BCUT2D eigenvalue weighted by Crippen LogP contribution is -1.91. The van der Waals surface area contributed by atoms with Gasteiger partial charge in [-0.1, -0.05) is 0 Å². The molecule has 5 heteroatoms. The molecule has 0 amide bonds. The third-order valence-corrected chi connectivity index (χ3v) is 2.18. The Kier molecular flexibility index (Phi) is 4.33. The molecule has 0 aliphatic rings. The van der Waals surface area contributed by atoms with Crippen LogP contribution in [0.15, 0.2) is 29.8 Å². The van der Waals surface area contributed by atoms with Gasteiger partial charge in [-0.05, 0) is 24.3 Å². The zero-order valence-corrected chi connectivity index (χ0v) is 9.75. The molecule has 1 aromatic carbocycles. The minimum Gasteiger partial charge on any atom is -0.494 e. The number of hydrogen-bond acceptors (Lipinski definition) is 4. The van der Waals surface area contributed by atoms with Gasteiger partial charge in [-0.2, -0.15) is 10.5 Å². The summed E-state index contributed by atoms with van der Waals surface area (Å²) < 4.78 is 9.97. The van der Waals surface area contributed by atoms with Crippen molar-refractivity contribution in [1.29, 1.82) is 10.5 Å². The van der Waals surface area contributed by atoms with Crippen LogP contribution in [-0.4, -0.2) is 7.11 Å². The van der Waals surface area contributed by atoms with Gasteiger partial charge < -0.3 is 9.26 Å². The molecule has 0 N–H and O–H groups in total. The first-order chi connectivity index (χ1) is 7.76. The van der Waals surface area contributed by atoms with Crippen LogP contribution in [0.3, 0.4) is 0 Å². The van der Waals surface area contributed by atoms with Gasteiger partial charge in [0.1, 0.15) is 17.9 Å². The van der Waals surface area contributed by atoms with Crippen LogP contribution in [0.4, 0.5) is 0 Å². The number of benzene rings is 1. The first-order valence-electron chi connectivity index (χ1n) is 4.32. The number of hydrogen-bond donors (Lipinski definition) is 0. The van der Waals surface area contributed by atoms with Gasteiger partial charge in [0.2, 0.25) is 0 Å². The zero-order valence-electron chi connectivity index (χ0n) is 8.60. The van der Waals surface area contributed by atoms with Crippen molar-refractivity contribution in [3.8, 4) is 17.9 Å². The summed E-state index contributed by atoms with van der Waals surface area (Å²) in [6.07, 6.45) is 0. The van der Waals surface area contributed by atoms with Crippen LogP contribution in [0, 0.1) is 22.7 Å². The maximum atomic E-state index is 8.75. The van der Waals surface area contributed by atoms with Gasteiger partial charge in [-0.15, -0.1) is 0 Å². The molecule has 0 saturated heterocycles. The van der Waals surface area contributed by atoms with Gasteiger partial charge in [-0.3, -0.25) is 0 Å². The summed E-state index contributed by atoms with van der Waals surface area (Å²) in [7, 11) is 3.56. The fourth-order valence-electron chi connectivity index (χ4n) is 1.18. The van der Waals surface area contributed by atoms with Crippen LogP contribution < -0.4 is 4.52 Å². The van der Waals surface area contributed by atoms with Crippen molar-refractivity contribution in [3.05, 3.63) is 35.4 Å². The zero-order chi connectivity index (χ0) is 12.0. The van der Waals surface area contributed by atoms with Crippen LogP contribution in [0.25, 0.3) is 5.76 Å². The van der Waals surface area contributed by atoms with E-state index in [4.69, 9.17) is 19.8 Å². The predicted octanol–water partition coefficient (Wildman–Crippen LogP) is 2.26. The molecule has 0 fully saturated rings. The lowest BCUT2D eigenvalue weighted by molar-refractivity contribution is 0.369. The lowest BCUT2D eigenvalue weighted by atomic mass is 10.1. The lowest BCUT2D eigenvalue weighted by Gasteiger charge is -2.06. The van der Waals surface area contributed by atoms with Crippen molar-refractivity contribution >= 4 is 15.2 Å². The van der Waals surface area contributed by atoms with Crippen molar-refractivity contribution in [2.45, 2.75) is 0 Å². The minimum atomic E-state index is -0.0537. The fourth-order valence-corrected chi connectivity index (χ4v) is 1.33. The molecular formula is C11H9N2O2P. The maximum Gasteiger partial charge on any atom is 0.172 e. The predicted molar refractivity (Wildman–Crippen MR) is 61.9 cm³/mol. The van der Waals surface area contributed by atoms with E-state index in [1.807, 2.05) is 0 Å². The van der Waals surface area contributed by atoms with Gasteiger partial charge in [-0.25, -0.2) is 0 Å². The van der Waals surface area contributed by atoms with E-state index >= 15 is 0 Å². The van der Waals surface area contributed by atoms with Crippen molar-refractivity contribution in [1.82, 2.24) is 0 Å². The van der Waals surface area contributed by atoms with E-state index in [2.05, 4.69) is 9.47 Å². The molecule has 1 unspecified atom stereocenters. The molecule has 0 aliphatic carbocycles. The van der Waals surface area contributed by atoms with E-state index in [1.165, 1.54) is 7.11 Å². The highest BCUT2D eigenvalue weighted by Crippen LogP contribution is 2.22. The Morgan fingerprint density at radius 1 is 1.19 bits per heavy atom. The summed E-state index contributed by atoms with van der Waals surface area (Å²) in [5.74, 6) is 0.931. The molecule has 0 aromatic heterocycles. The maximum absolute atomic E-state index is 8.75. The second-order valence-electron chi connectivity index (χ2n) is 2.77. The number of ether oxygens (including phenoxy) is 1. The first-order valence-corrected chi connectivity index (χ1v) is 4.79. The monoisotopic (exact) mass is 232 g/mol.